The molecule has 1 saturated heterocycles. The van der Waals surface area contributed by atoms with Gasteiger partial charge in [0.2, 0.25) is 5.78 Å². The van der Waals surface area contributed by atoms with Crippen LogP contribution in [0.4, 0.5) is 5.82 Å². The van der Waals surface area contributed by atoms with Gasteiger partial charge >= 0.3 is 0 Å². The number of ether oxygens (including phenoxy) is 1. The minimum absolute atomic E-state index is 0. The average molecular weight is 407 g/mol. The number of pyridine rings is 2. The molecule has 4 rings (SSSR count). The second kappa shape index (κ2) is 9.05. The predicted octanol–water partition coefficient (Wildman–Crippen LogP) is 3.98. The first-order valence-corrected chi connectivity index (χ1v) is 10.2. The molecule has 0 amide bonds. The summed E-state index contributed by atoms with van der Waals surface area (Å²) in [5, 5.41) is 3.39. The van der Waals surface area contributed by atoms with Gasteiger partial charge in [-0.25, -0.2) is 4.98 Å². The zero-order valence-electron chi connectivity index (χ0n) is 17.4. The van der Waals surface area contributed by atoms with Crippen LogP contribution in [0.2, 0.25) is 0 Å². The van der Waals surface area contributed by atoms with Gasteiger partial charge in [-0.2, -0.15) is 0 Å². The summed E-state index contributed by atoms with van der Waals surface area (Å²) in [5.74, 6) is 1.53. The molecule has 6 heteroatoms. The molecule has 1 aliphatic heterocycles. The molecule has 3 heterocycles. The highest BCUT2D eigenvalue weighted by atomic mass is 16.5. The van der Waals surface area contributed by atoms with E-state index in [1.807, 2.05) is 49.4 Å². The van der Waals surface area contributed by atoms with E-state index >= 15 is 0 Å². The van der Waals surface area contributed by atoms with E-state index in [0.29, 0.717) is 17.0 Å². The van der Waals surface area contributed by atoms with Crippen molar-refractivity contribution in [3.63, 3.8) is 0 Å². The lowest BCUT2D eigenvalue weighted by atomic mass is 10.0. The van der Waals surface area contributed by atoms with Crippen molar-refractivity contribution < 1.29 is 12.4 Å². The standard InChI is InChI=1S/C24H26N4O2.2H2/c1-17-21(15-19(16-26-17)18-7-9-20(30-2)10-8-18)24(29)22-5-3-6-23(27-22)28-13-4-11-25-12-14-28;;/h3,5-10,15-16,25H,4,11-14H2,1-2H3;2*1H. The summed E-state index contributed by atoms with van der Waals surface area (Å²) in [5.41, 5.74) is 3.59. The van der Waals surface area contributed by atoms with Gasteiger partial charge in [-0.3, -0.25) is 9.78 Å². The molecular formula is C24H30N4O2. The molecular weight excluding hydrogens is 376 g/mol. The van der Waals surface area contributed by atoms with Crippen LogP contribution in [0.15, 0.2) is 54.7 Å². The lowest BCUT2D eigenvalue weighted by Gasteiger charge is -2.21. The highest BCUT2D eigenvalue weighted by Gasteiger charge is 2.18. The van der Waals surface area contributed by atoms with Gasteiger partial charge in [0, 0.05) is 45.5 Å². The number of hydrogen-bond donors (Lipinski definition) is 1. The van der Waals surface area contributed by atoms with Crippen molar-refractivity contribution in [2.45, 2.75) is 13.3 Å². The second-order valence-corrected chi connectivity index (χ2v) is 7.39. The zero-order chi connectivity index (χ0) is 20.9. The normalized spacial score (nSPS) is 14.3. The summed E-state index contributed by atoms with van der Waals surface area (Å²) in [4.78, 5) is 24.7. The van der Waals surface area contributed by atoms with E-state index in [1.54, 1.807) is 19.4 Å². The van der Waals surface area contributed by atoms with Crippen LogP contribution in [-0.2, 0) is 0 Å². The number of anilines is 1. The molecule has 3 aromatic rings. The van der Waals surface area contributed by atoms with Crippen molar-refractivity contribution in [1.29, 1.82) is 0 Å². The quantitative estimate of drug-likeness (QED) is 0.647. The van der Waals surface area contributed by atoms with Crippen LogP contribution in [0.1, 0.15) is 31.0 Å². The average Bonchev–Trinajstić information content (AvgIpc) is 3.09. The first kappa shape index (κ1) is 20.0. The van der Waals surface area contributed by atoms with Crippen LogP contribution in [-0.4, -0.2) is 49.0 Å². The molecule has 30 heavy (non-hydrogen) atoms. The molecule has 2 aromatic heterocycles. The Balaban J connectivity index is 0.00000181. The number of methoxy groups -OCH3 is 1. The highest BCUT2D eigenvalue weighted by molar-refractivity contribution is 6.09. The second-order valence-electron chi connectivity index (χ2n) is 7.39. The van der Waals surface area contributed by atoms with Gasteiger partial charge in [0.25, 0.3) is 0 Å². The number of carbonyl (C=O) groups is 1. The van der Waals surface area contributed by atoms with Crippen molar-refractivity contribution >= 4 is 11.6 Å². The molecule has 0 radical (unpaired) electrons. The number of ketones is 1. The maximum absolute atomic E-state index is 13.3. The largest absolute Gasteiger partial charge is 0.497 e. The molecule has 0 atom stereocenters. The summed E-state index contributed by atoms with van der Waals surface area (Å²) < 4.78 is 5.23. The smallest absolute Gasteiger partial charge is 0.213 e. The summed E-state index contributed by atoms with van der Waals surface area (Å²) in [6.07, 6.45) is 2.86. The maximum atomic E-state index is 13.3. The third kappa shape index (κ3) is 4.33. The van der Waals surface area contributed by atoms with Gasteiger partial charge < -0.3 is 15.0 Å². The minimum Gasteiger partial charge on any atom is -0.497 e. The Morgan fingerprint density at radius 3 is 2.73 bits per heavy atom. The fraction of sp³-hybridized carbons (Fsp3) is 0.292. The van der Waals surface area contributed by atoms with E-state index in [1.165, 1.54) is 0 Å². The van der Waals surface area contributed by atoms with Crippen molar-refractivity contribution in [1.82, 2.24) is 15.3 Å². The van der Waals surface area contributed by atoms with Crippen LogP contribution >= 0.6 is 0 Å². The highest BCUT2D eigenvalue weighted by Crippen LogP contribution is 2.25. The Kier molecular flexibility index (Phi) is 6.05. The lowest BCUT2D eigenvalue weighted by Crippen LogP contribution is -2.29. The van der Waals surface area contributed by atoms with E-state index in [9.17, 15) is 4.79 Å². The fourth-order valence-corrected chi connectivity index (χ4v) is 3.64. The Hall–Kier alpha value is -3.25. The summed E-state index contributed by atoms with van der Waals surface area (Å²) in [7, 11) is 1.64. The third-order valence-electron chi connectivity index (χ3n) is 5.39. The molecule has 158 valence electrons. The van der Waals surface area contributed by atoms with Crippen LogP contribution in [0.5, 0.6) is 5.75 Å². The van der Waals surface area contributed by atoms with Gasteiger partial charge in [-0.05, 0) is 55.8 Å². The Morgan fingerprint density at radius 2 is 1.93 bits per heavy atom. The Morgan fingerprint density at radius 1 is 1.10 bits per heavy atom. The third-order valence-corrected chi connectivity index (χ3v) is 5.39. The minimum atomic E-state index is -0.106. The first-order chi connectivity index (χ1) is 14.7. The molecule has 1 N–H and O–H groups in total. The van der Waals surface area contributed by atoms with Gasteiger partial charge in [0.05, 0.1) is 7.11 Å². The summed E-state index contributed by atoms with van der Waals surface area (Å²) in [6.45, 7) is 5.61. The number of carbonyl (C=O) groups excluding carboxylic acids is 1. The van der Waals surface area contributed by atoms with Crippen molar-refractivity contribution in [2.24, 2.45) is 0 Å². The number of hydrogen-bond acceptors (Lipinski definition) is 6. The molecule has 1 fully saturated rings. The predicted molar refractivity (Wildman–Crippen MR) is 123 cm³/mol. The maximum Gasteiger partial charge on any atom is 0.213 e. The van der Waals surface area contributed by atoms with Crippen LogP contribution < -0.4 is 15.0 Å². The van der Waals surface area contributed by atoms with Crippen LogP contribution in [0, 0.1) is 6.92 Å². The number of nitrogens with one attached hydrogen (secondary N) is 1. The van der Waals surface area contributed by atoms with E-state index in [0.717, 1.165) is 55.3 Å². The summed E-state index contributed by atoms with van der Waals surface area (Å²) >= 11 is 0. The molecule has 0 unspecified atom stereocenters. The van der Waals surface area contributed by atoms with E-state index in [2.05, 4.69) is 20.2 Å². The Labute approximate surface area is 179 Å². The van der Waals surface area contributed by atoms with E-state index in [-0.39, 0.29) is 8.64 Å². The van der Waals surface area contributed by atoms with Crippen molar-refractivity contribution in [3.8, 4) is 16.9 Å². The first-order valence-electron chi connectivity index (χ1n) is 10.2. The molecule has 1 aromatic carbocycles. The number of aryl methyl sites for hydroxylation is 1. The van der Waals surface area contributed by atoms with Gasteiger partial charge in [-0.15, -0.1) is 0 Å². The van der Waals surface area contributed by atoms with E-state index < -0.39 is 0 Å². The number of benzene rings is 1. The number of nitrogens with zero attached hydrogens (tertiary/aromatic N) is 3. The van der Waals surface area contributed by atoms with Crippen molar-refractivity contribution in [2.75, 3.05) is 38.2 Å². The number of rotatable bonds is 5. The zero-order valence-corrected chi connectivity index (χ0v) is 17.4. The topological polar surface area (TPSA) is 67.3 Å². The van der Waals surface area contributed by atoms with Gasteiger partial charge in [-0.1, -0.05) is 18.2 Å². The number of aromatic nitrogens is 2. The van der Waals surface area contributed by atoms with Gasteiger partial charge in [0.1, 0.15) is 17.3 Å². The molecule has 6 nitrogen and oxygen atoms in total. The van der Waals surface area contributed by atoms with Crippen LogP contribution in [0.3, 0.4) is 0 Å². The Bertz CT molecular complexity index is 1040. The van der Waals surface area contributed by atoms with Crippen molar-refractivity contribution in [3.05, 3.63) is 71.7 Å². The monoisotopic (exact) mass is 406 g/mol. The lowest BCUT2D eigenvalue weighted by molar-refractivity contribution is 0.103. The van der Waals surface area contributed by atoms with Crippen LogP contribution in [0.25, 0.3) is 11.1 Å². The SMILES string of the molecule is COc1ccc(-c2cnc(C)c(C(=O)c3cccc(N4CCCNCC4)n3)c2)cc1.[HH].[HH]. The summed E-state index contributed by atoms with van der Waals surface area (Å²) in [6, 6.07) is 15.3. The van der Waals surface area contributed by atoms with Gasteiger partial charge in [0.15, 0.2) is 0 Å². The molecule has 0 saturated carbocycles. The van der Waals surface area contributed by atoms with E-state index in [4.69, 9.17) is 4.74 Å². The molecule has 0 bridgehead atoms. The fourth-order valence-electron chi connectivity index (χ4n) is 3.64. The molecule has 0 aliphatic carbocycles. The molecule has 0 spiro atoms. The molecule has 1 aliphatic rings.